The predicted molar refractivity (Wildman–Crippen MR) is 135 cm³/mol. The summed E-state index contributed by atoms with van der Waals surface area (Å²) in [6, 6.07) is 5.53. The first-order valence-electron chi connectivity index (χ1n) is 12.5. The molecule has 1 aromatic carbocycles. The third-order valence-corrected chi connectivity index (χ3v) is 7.69. The number of nitrogens with one attached hydrogen (secondary N) is 1. The molecule has 0 bridgehead atoms. The van der Waals surface area contributed by atoms with Crippen LogP contribution in [0.4, 0.5) is 11.5 Å². The lowest BCUT2D eigenvalue weighted by Crippen LogP contribution is -2.46. The molecule has 11 heteroatoms. The highest BCUT2D eigenvalue weighted by Gasteiger charge is 2.35. The Balaban J connectivity index is 1.28. The summed E-state index contributed by atoms with van der Waals surface area (Å²) in [6.45, 7) is 4.45. The van der Waals surface area contributed by atoms with Gasteiger partial charge in [0, 0.05) is 36.7 Å². The second-order valence-electron chi connectivity index (χ2n) is 10.2. The van der Waals surface area contributed by atoms with Gasteiger partial charge in [-0.2, -0.15) is 5.10 Å². The van der Waals surface area contributed by atoms with Crippen LogP contribution >= 0.6 is 0 Å². The number of carbonyl (C=O) groups is 3. The van der Waals surface area contributed by atoms with Gasteiger partial charge in [0.15, 0.2) is 0 Å². The van der Waals surface area contributed by atoms with Crippen LogP contribution in [0, 0.1) is 5.92 Å². The van der Waals surface area contributed by atoms with E-state index in [2.05, 4.69) is 22.3 Å². The molecule has 5 heterocycles. The molecule has 0 aliphatic carbocycles. The van der Waals surface area contributed by atoms with Crippen LogP contribution in [0.5, 0.6) is 0 Å². The normalized spacial score (nSPS) is 21.2. The Morgan fingerprint density at radius 2 is 1.97 bits per heavy atom. The molecule has 0 radical (unpaired) electrons. The van der Waals surface area contributed by atoms with Crippen LogP contribution < -0.4 is 11.1 Å². The number of anilines is 2. The Hall–Kier alpha value is -3.99. The molecule has 37 heavy (non-hydrogen) atoms. The smallest absolute Gasteiger partial charge is 0.313 e. The minimum atomic E-state index is -0.716. The Morgan fingerprint density at radius 3 is 2.81 bits per heavy atom. The van der Waals surface area contributed by atoms with Crippen molar-refractivity contribution < 1.29 is 19.1 Å². The molecule has 2 aromatic heterocycles. The maximum Gasteiger partial charge on any atom is 0.313 e. The molecule has 1 saturated heterocycles. The number of nitrogens with two attached hydrogens (primary N) is 1. The van der Waals surface area contributed by atoms with E-state index in [1.54, 1.807) is 21.5 Å². The minimum Gasteiger partial charge on any atom is -0.383 e. The van der Waals surface area contributed by atoms with Crippen LogP contribution in [-0.4, -0.2) is 62.4 Å². The van der Waals surface area contributed by atoms with Crippen molar-refractivity contribution in [1.29, 1.82) is 0 Å². The Morgan fingerprint density at radius 1 is 1.16 bits per heavy atom. The third-order valence-electron chi connectivity index (χ3n) is 7.69. The van der Waals surface area contributed by atoms with Gasteiger partial charge in [-0.1, -0.05) is 19.1 Å². The molecule has 1 fully saturated rings. The van der Waals surface area contributed by atoms with Crippen molar-refractivity contribution in [2.45, 2.75) is 45.6 Å². The van der Waals surface area contributed by atoms with Gasteiger partial charge in [-0.25, -0.2) is 4.98 Å². The summed E-state index contributed by atoms with van der Waals surface area (Å²) < 4.78 is 7.23. The van der Waals surface area contributed by atoms with Crippen LogP contribution in [0.25, 0.3) is 10.9 Å². The van der Waals surface area contributed by atoms with Crippen molar-refractivity contribution in [2.24, 2.45) is 5.92 Å². The van der Waals surface area contributed by atoms with E-state index in [1.807, 2.05) is 18.2 Å². The zero-order valence-electron chi connectivity index (χ0n) is 20.9. The number of ether oxygens (including phenoxy) is 1. The summed E-state index contributed by atoms with van der Waals surface area (Å²) in [4.78, 5) is 46.8. The Labute approximate surface area is 213 Å². The summed E-state index contributed by atoms with van der Waals surface area (Å²) in [5.74, 6) is -0.725. The average Bonchev–Trinajstić information content (AvgIpc) is 3.53. The number of aromatic nitrogens is 3. The molecule has 2 atom stereocenters. The van der Waals surface area contributed by atoms with E-state index in [0.717, 1.165) is 40.4 Å². The monoisotopic (exact) mass is 503 g/mol. The number of piperidine rings is 1. The van der Waals surface area contributed by atoms with Crippen molar-refractivity contribution >= 4 is 40.1 Å². The quantitative estimate of drug-likeness (QED) is 0.511. The molecular formula is C26H29N7O4. The van der Waals surface area contributed by atoms with Crippen molar-refractivity contribution in [3.8, 4) is 0 Å². The molecule has 3 aliphatic rings. The predicted octanol–water partition coefficient (Wildman–Crippen LogP) is 2.07. The lowest BCUT2D eigenvalue weighted by atomic mass is 9.89. The highest BCUT2D eigenvalue weighted by atomic mass is 16.5. The van der Waals surface area contributed by atoms with Crippen LogP contribution in [0.3, 0.4) is 0 Å². The summed E-state index contributed by atoms with van der Waals surface area (Å²) >= 11 is 0. The summed E-state index contributed by atoms with van der Waals surface area (Å²) in [6.07, 6.45) is 3.13. The Kier molecular flexibility index (Phi) is 5.59. The van der Waals surface area contributed by atoms with E-state index in [9.17, 15) is 14.4 Å². The second-order valence-corrected chi connectivity index (χ2v) is 10.2. The van der Waals surface area contributed by atoms with Gasteiger partial charge < -0.3 is 25.6 Å². The fraction of sp³-hybridized carbons (Fsp3) is 0.423. The average molecular weight is 504 g/mol. The number of pyridine rings is 1. The molecule has 11 nitrogen and oxygen atoms in total. The number of carbonyl (C=O) groups excluding carboxylic acids is 3. The minimum absolute atomic E-state index is 0.0458. The van der Waals surface area contributed by atoms with Gasteiger partial charge in [-0.15, -0.1) is 0 Å². The SMILES string of the molecule is CC1CCC(c2ccc3c4n(nc3c2)CCN(C)C4=O)N(C(=O)C(=O)Nc2cnc(N)c3c2COC3)C1. The molecular weight excluding hydrogens is 474 g/mol. The molecule has 6 rings (SSSR count). The van der Waals surface area contributed by atoms with E-state index in [-0.39, 0.29) is 17.9 Å². The van der Waals surface area contributed by atoms with Crippen molar-refractivity contribution in [3.63, 3.8) is 0 Å². The first-order valence-corrected chi connectivity index (χ1v) is 12.5. The van der Waals surface area contributed by atoms with E-state index < -0.39 is 11.8 Å². The topological polar surface area (TPSA) is 136 Å². The number of likely N-dealkylation sites (N-methyl/N-ethyl adjacent to an activating group) is 1. The highest BCUT2D eigenvalue weighted by molar-refractivity contribution is 6.39. The molecule has 192 valence electrons. The second kappa shape index (κ2) is 8.84. The van der Waals surface area contributed by atoms with Crippen LogP contribution in [0.2, 0.25) is 0 Å². The lowest BCUT2D eigenvalue weighted by molar-refractivity contribution is -0.146. The number of amides is 3. The van der Waals surface area contributed by atoms with E-state index in [4.69, 9.17) is 10.5 Å². The van der Waals surface area contributed by atoms with E-state index in [0.29, 0.717) is 50.0 Å². The van der Waals surface area contributed by atoms with Gasteiger partial charge in [0.2, 0.25) is 0 Å². The molecule has 3 aromatic rings. The van der Waals surface area contributed by atoms with Crippen molar-refractivity contribution in [2.75, 3.05) is 31.2 Å². The number of hydrogen-bond acceptors (Lipinski definition) is 7. The summed E-state index contributed by atoms with van der Waals surface area (Å²) in [5, 5.41) is 8.20. The third kappa shape index (κ3) is 3.90. The van der Waals surface area contributed by atoms with Crippen LogP contribution in [0.15, 0.2) is 24.4 Å². The fourth-order valence-electron chi connectivity index (χ4n) is 5.60. The number of nitrogens with zero attached hydrogens (tertiary/aromatic N) is 5. The van der Waals surface area contributed by atoms with Crippen LogP contribution in [-0.2, 0) is 34.1 Å². The van der Waals surface area contributed by atoms with E-state index >= 15 is 0 Å². The van der Waals surface area contributed by atoms with Gasteiger partial charge in [0.05, 0.1) is 43.2 Å². The molecule has 0 spiro atoms. The van der Waals surface area contributed by atoms with Crippen molar-refractivity contribution in [3.05, 3.63) is 46.8 Å². The van der Waals surface area contributed by atoms with E-state index in [1.165, 1.54) is 6.20 Å². The first-order chi connectivity index (χ1) is 17.8. The number of benzene rings is 1. The van der Waals surface area contributed by atoms with Gasteiger partial charge in [-0.05, 0) is 30.4 Å². The zero-order valence-corrected chi connectivity index (χ0v) is 20.9. The van der Waals surface area contributed by atoms with Gasteiger partial charge in [-0.3, -0.25) is 19.1 Å². The molecule has 3 amide bonds. The number of rotatable bonds is 2. The number of likely N-dealkylation sites (tertiary alicyclic amines) is 1. The van der Waals surface area contributed by atoms with Gasteiger partial charge in [0.1, 0.15) is 11.5 Å². The highest BCUT2D eigenvalue weighted by Crippen LogP contribution is 2.36. The number of hydrogen-bond donors (Lipinski definition) is 2. The van der Waals surface area contributed by atoms with Gasteiger partial charge >= 0.3 is 11.8 Å². The molecule has 3 N–H and O–H groups in total. The number of fused-ring (bicyclic) bond motifs is 4. The Bertz CT molecular complexity index is 1450. The maximum atomic E-state index is 13.5. The zero-order chi connectivity index (χ0) is 25.8. The first kappa shape index (κ1) is 23.4. The largest absolute Gasteiger partial charge is 0.383 e. The van der Waals surface area contributed by atoms with Crippen LogP contribution in [0.1, 0.15) is 53.0 Å². The summed E-state index contributed by atoms with van der Waals surface area (Å²) in [5.41, 5.74) is 10.1. The number of nitrogen functional groups attached to an aromatic ring is 1. The fourth-order valence-corrected chi connectivity index (χ4v) is 5.60. The van der Waals surface area contributed by atoms with Crippen molar-refractivity contribution in [1.82, 2.24) is 24.6 Å². The molecule has 2 unspecified atom stereocenters. The standard InChI is InChI=1S/C26H29N7O4/c1-14-3-6-21(15-4-5-16-19(9-15)30-33-8-7-31(2)25(35)22(16)33)32(11-14)26(36)24(34)29-20-10-28-23(27)18-13-37-12-17(18)20/h4-5,9-10,14,21H,3,6-8,11-13H2,1-2H3,(H2,27,28)(H,29,34). The molecule has 3 aliphatic heterocycles. The lowest BCUT2D eigenvalue weighted by Gasteiger charge is -2.38. The van der Waals surface area contributed by atoms with Gasteiger partial charge in [0.25, 0.3) is 5.91 Å². The summed E-state index contributed by atoms with van der Waals surface area (Å²) in [7, 11) is 1.79. The molecule has 0 saturated carbocycles. The maximum absolute atomic E-state index is 13.5.